The Bertz CT molecular complexity index is 1120. The van der Waals surface area contributed by atoms with Gasteiger partial charge in [-0.05, 0) is 30.0 Å². The molecule has 1 rings (SSSR count). The lowest BCUT2D eigenvalue weighted by molar-refractivity contribution is -0.144. The molecule has 0 aliphatic carbocycles. The summed E-state index contributed by atoms with van der Waals surface area (Å²) in [5.74, 6) is -7.73. The summed E-state index contributed by atoms with van der Waals surface area (Å²) in [6, 6.07) is -0.376. The lowest BCUT2D eigenvalue weighted by Crippen LogP contribution is -2.57. The van der Waals surface area contributed by atoms with E-state index in [9.17, 15) is 48.9 Å². The number of rotatable bonds is 17. The van der Waals surface area contributed by atoms with Crippen LogP contribution >= 0.6 is 0 Å². The van der Waals surface area contributed by atoms with Gasteiger partial charge in [0.15, 0.2) is 0 Å². The highest BCUT2D eigenvalue weighted by Gasteiger charge is 2.31. The zero-order valence-electron chi connectivity index (χ0n) is 22.6. The summed E-state index contributed by atoms with van der Waals surface area (Å²) >= 11 is 0. The number of benzene rings is 1. The molecule has 16 heteroatoms. The number of primary amides is 1. The van der Waals surface area contributed by atoms with E-state index >= 15 is 0 Å². The van der Waals surface area contributed by atoms with Gasteiger partial charge in [-0.25, -0.2) is 4.79 Å². The van der Waals surface area contributed by atoms with Crippen LogP contribution in [-0.2, 0) is 40.0 Å². The molecule has 4 atom stereocenters. The fraction of sp³-hybridized carbons (Fsp3) is 0.480. The van der Waals surface area contributed by atoms with Crippen LogP contribution in [0.4, 0.5) is 0 Å². The molecule has 11 N–H and O–H groups in total. The van der Waals surface area contributed by atoms with Crippen molar-refractivity contribution in [1.82, 2.24) is 21.3 Å². The average molecular weight is 581 g/mol. The third kappa shape index (κ3) is 13.3. The van der Waals surface area contributed by atoms with Crippen LogP contribution < -0.4 is 32.7 Å². The van der Waals surface area contributed by atoms with Gasteiger partial charge in [0, 0.05) is 6.42 Å². The van der Waals surface area contributed by atoms with Crippen LogP contribution in [0.5, 0.6) is 5.75 Å². The molecular formula is C25H36N6O10. The maximum atomic E-state index is 13.0. The minimum absolute atomic E-state index is 0.0901. The van der Waals surface area contributed by atoms with E-state index in [1.807, 2.05) is 13.8 Å². The first-order valence-electron chi connectivity index (χ1n) is 12.5. The molecule has 41 heavy (non-hydrogen) atoms. The first kappa shape index (κ1) is 34.3. The monoisotopic (exact) mass is 580 g/mol. The van der Waals surface area contributed by atoms with Gasteiger partial charge in [0.05, 0.1) is 25.4 Å². The number of nitrogens with one attached hydrogen (secondary N) is 4. The molecule has 0 bridgehead atoms. The van der Waals surface area contributed by atoms with Gasteiger partial charge in [-0.2, -0.15) is 0 Å². The second-order valence-corrected chi connectivity index (χ2v) is 9.67. The molecule has 0 aliphatic rings. The summed E-state index contributed by atoms with van der Waals surface area (Å²) in [4.78, 5) is 84.6. The number of carboxylic acid groups (broad SMARTS) is 2. The van der Waals surface area contributed by atoms with Crippen LogP contribution in [0.15, 0.2) is 24.3 Å². The van der Waals surface area contributed by atoms with E-state index in [1.54, 1.807) is 0 Å². The minimum atomic E-state index is -1.72. The smallest absolute Gasteiger partial charge is 0.326 e. The van der Waals surface area contributed by atoms with Crippen molar-refractivity contribution in [2.75, 3.05) is 6.54 Å². The topological polar surface area (TPSA) is 280 Å². The fourth-order valence-corrected chi connectivity index (χ4v) is 3.57. The number of phenols is 1. The van der Waals surface area contributed by atoms with Crippen LogP contribution in [0.1, 0.15) is 38.7 Å². The Balaban J connectivity index is 3.08. The number of carbonyl (C=O) groups excluding carboxylic acids is 5. The van der Waals surface area contributed by atoms with Gasteiger partial charge in [0.25, 0.3) is 0 Å². The van der Waals surface area contributed by atoms with E-state index in [0.29, 0.717) is 12.0 Å². The lowest BCUT2D eigenvalue weighted by atomic mass is 10.0. The lowest BCUT2D eigenvalue weighted by Gasteiger charge is -2.24. The van der Waals surface area contributed by atoms with Crippen molar-refractivity contribution in [1.29, 1.82) is 0 Å². The zero-order valence-corrected chi connectivity index (χ0v) is 22.6. The van der Waals surface area contributed by atoms with Gasteiger partial charge >= 0.3 is 11.9 Å². The van der Waals surface area contributed by atoms with Gasteiger partial charge in [0.2, 0.25) is 29.5 Å². The molecule has 226 valence electrons. The van der Waals surface area contributed by atoms with Crippen LogP contribution in [-0.4, -0.2) is 87.5 Å². The third-order valence-corrected chi connectivity index (χ3v) is 5.54. The van der Waals surface area contributed by atoms with E-state index in [-0.39, 0.29) is 18.1 Å². The quantitative estimate of drug-likeness (QED) is 0.0914. The fourth-order valence-electron chi connectivity index (χ4n) is 3.57. The van der Waals surface area contributed by atoms with Crippen LogP contribution in [0, 0.1) is 5.92 Å². The maximum Gasteiger partial charge on any atom is 0.326 e. The van der Waals surface area contributed by atoms with Gasteiger partial charge < -0.3 is 48.1 Å². The third-order valence-electron chi connectivity index (χ3n) is 5.54. The van der Waals surface area contributed by atoms with Gasteiger partial charge in [-0.15, -0.1) is 0 Å². The molecule has 1 aromatic rings. The van der Waals surface area contributed by atoms with E-state index in [4.69, 9.17) is 11.5 Å². The highest BCUT2D eigenvalue weighted by molar-refractivity contribution is 5.96. The Morgan fingerprint density at radius 2 is 1.37 bits per heavy atom. The summed E-state index contributed by atoms with van der Waals surface area (Å²) in [5, 5.41) is 36.9. The number of carbonyl (C=O) groups is 7. The summed E-state index contributed by atoms with van der Waals surface area (Å²) in [5.41, 5.74) is 11.2. The van der Waals surface area contributed by atoms with Crippen LogP contribution in [0.3, 0.4) is 0 Å². The van der Waals surface area contributed by atoms with Crippen molar-refractivity contribution in [2.24, 2.45) is 17.4 Å². The molecule has 16 nitrogen and oxygen atoms in total. The Morgan fingerprint density at radius 1 is 0.805 bits per heavy atom. The summed E-state index contributed by atoms with van der Waals surface area (Å²) < 4.78 is 0. The standard InChI is InChI=1S/C25H36N6O10/c1-12(2)7-15(26)22(37)28-11-20(34)29-17(10-21(35)36)24(39)30-16(8-13-3-5-14(32)6-4-13)23(38)31-18(25(40)41)9-19(27)33/h3-6,12,15-18,32H,7-11,26H2,1-2H3,(H2,27,33)(H,28,37)(H,29,34)(H,30,39)(H,31,38)(H,35,36)(H,40,41)/t15-,16-,17-,18-/m0/s1. The first-order chi connectivity index (χ1) is 19.1. The Hall–Kier alpha value is -4.73. The van der Waals surface area contributed by atoms with E-state index in [2.05, 4.69) is 21.3 Å². The summed E-state index contributed by atoms with van der Waals surface area (Å²) in [6.45, 7) is 3.09. The normalized spacial score (nSPS) is 13.7. The van der Waals surface area contributed by atoms with E-state index in [0.717, 1.165) is 0 Å². The second-order valence-electron chi connectivity index (χ2n) is 9.67. The van der Waals surface area contributed by atoms with Crippen LogP contribution in [0.25, 0.3) is 0 Å². The molecule has 0 unspecified atom stereocenters. The number of amides is 5. The average Bonchev–Trinajstić information content (AvgIpc) is 2.86. The largest absolute Gasteiger partial charge is 0.508 e. The van der Waals surface area contributed by atoms with Crippen molar-refractivity contribution < 1.29 is 48.9 Å². The van der Waals surface area contributed by atoms with Gasteiger partial charge in [0.1, 0.15) is 23.9 Å². The van der Waals surface area contributed by atoms with Crippen molar-refractivity contribution in [2.45, 2.75) is 63.7 Å². The number of hydrogen-bond donors (Lipinski definition) is 9. The molecule has 0 aliphatic heterocycles. The molecule has 0 saturated carbocycles. The number of nitrogens with two attached hydrogens (primary N) is 2. The predicted molar refractivity (Wildman–Crippen MR) is 142 cm³/mol. The highest BCUT2D eigenvalue weighted by atomic mass is 16.4. The number of hydrogen-bond acceptors (Lipinski definition) is 9. The number of aliphatic carboxylic acids is 2. The molecule has 0 aromatic heterocycles. The molecule has 0 radical (unpaired) electrons. The molecule has 0 saturated heterocycles. The molecule has 0 heterocycles. The Labute approximate surface area is 235 Å². The van der Waals surface area contributed by atoms with Crippen LogP contribution in [0.2, 0.25) is 0 Å². The van der Waals surface area contributed by atoms with Gasteiger partial charge in [-0.1, -0.05) is 26.0 Å². The molecule has 1 aromatic carbocycles. The summed E-state index contributed by atoms with van der Waals surface area (Å²) in [6.07, 6.45) is -1.54. The van der Waals surface area contributed by atoms with Crippen molar-refractivity contribution in [3.63, 3.8) is 0 Å². The first-order valence-corrected chi connectivity index (χ1v) is 12.5. The highest BCUT2D eigenvalue weighted by Crippen LogP contribution is 2.12. The number of aromatic hydroxyl groups is 1. The summed E-state index contributed by atoms with van der Waals surface area (Å²) in [7, 11) is 0. The molecule has 0 spiro atoms. The van der Waals surface area contributed by atoms with Gasteiger partial charge in [-0.3, -0.25) is 28.8 Å². The van der Waals surface area contributed by atoms with Crippen molar-refractivity contribution >= 4 is 41.5 Å². The molecule has 5 amide bonds. The molecular weight excluding hydrogens is 544 g/mol. The number of phenolic OH excluding ortho intramolecular Hbond substituents is 1. The van der Waals surface area contributed by atoms with E-state index in [1.165, 1.54) is 24.3 Å². The van der Waals surface area contributed by atoms with Crippen molar-refractivity contribution in [3.05, 3.63) is 29.8 Å². The van der Waals surface area contributed by atoms with Crippen molar-refractivity contribution in [3.8, 4) is 5.75 Å². The second kappa shape index (κ2) is 16.4. The SMILES string of the molecule is CC(C)C[C@H](N)C(=O)NCC(=O)N[C@@H](CC(=O)O)C(=O)N[C@@H](Cc1ccc(O)cc1)C(=O)N[C@@H](CC(N)=O)C(=O)O. The predicted octanol–water partition coefficient (Wildman–Crippen LogP) is -2.69. The Kier molecular flexibility index (Phi) is 13.7. The zero-order chi connectivity index (χ0) is 31.3. The maximum absolute atomic E-state index is 13.0. The van der Waals surface area contributed by atoms with E-state index < -0.39 is 85.0 Å². The Morgan fingerprint density at radius 3 is 1.88 bits per heavy atom. The molecule has 0 fully saturated rings. The number of carboxylic acids is 2. The minimum Gasteiger partial charge on any atom is -0.508 e.